The Morgan fingerprint density at radius 3 is 2.53 bits per heavy atom. The number of carbonyl (C=O) groups is 1. The Kier molecular flexibility index (Phi) is 7.36. The molecule has 8 heteroatoms. The van der Waals surface area contributed by atoms with Crippen LogP contribution in [0.15, 0.2) is 16.9 Å². The van der Waals surface area contributed by atoms with Crippen molar-refractivity contribution in [3.8, 4) is 5.75 Å². The molecule has 1 unspecified atom stereocenters. The van der Waals surface area contributed by atoms with Gasteiger partial charge in [-0.15, -0.1) is 0 Å². The average molecular weight is 488 g/mol. The number of hydrogen-bond donors (Lipinski definition) is 2. The number of aryl methyl sites for hydroxylation is 2. The fourth-order valence-electron chi connectivity index (χ4n) is 5.11. The molecule has 184 valence electrons. The number of rotatable bonds is 5. The zero-order valence-electron chi connectivity index (χ0n) is 20.6. The molecular formula is C26H34ClN3O4. The van der Waals surface area contributed by atoms with Crippen LogP contribution in [0.5, 0.6) is 5.75 Å². The number of aromatic amines is 1. The van der Waals surface area contributed by atoms with E-state index < -0.39 is 0 Å². The van der Waals surface area contributed by atoms with E-state index in [4.69, 9.17) is 21.1 Å². The number of benzene rings is 1. The molecule has 2 N–H and O–H groups in total. The number of nitrogens with one attached hydrogen (secondary N) is 2. The number of ether oxygens (including phenoxy) is 2. The third-order valence-electron chi connectivity index (χ3n) is 7.22. The van der Waals surface area contributed by atoms with Crippen LogP contribution in [-0.4, -0.2) is 42.2 Å². The lowest BCUT2D eigenvalue weighted by molar-refractivity contribution is -0.148. The van der Waals surface area contributed by atoms with Gasteiger partial charge >= 0.3 is 0 Å². The van der Waals surface area contributed by atoms with Crippen LogP contribution >= 0.6 is 11.6 Å². The van der Waals surface area contributed by atoms with Gasteiger partial charge in [-0.25, -0.2) is 0 Å². The predicted molar refractivity (Wildman–Crippen MR) is 133 cm³/mol. The van der Waals surface area contributed by atoms with Crippen LogP contribution < -0.4 is 15.6 Å². The molecule has 1 atom stereocenters. The molecule has 1 aliphatic heterocycles. The zero-order valence-corrected chi connectivity index (χ0v) is 21.3. The first-order valence-electron chi connectivity index (χ1n) is 11.9. The van der Waals surface area contributed by atoms with Crippen LogP contribution in [0.25, 0.3) is 0 Å². The zero-order chi connectivity index (χ0) is 24.6. The maximum absolute atomic E-state index is 13.1. The second kappa shape index (κ2) is 10.1. The van der Waals surface area contributed by atoms with Gasteiger partial charge in [0.05, 0.1) is 11.6 Å². The van der Waals surface area contributed by atoms with E-state index in [1.54, 1.807) is 6.07 Å². The van der Waals surface area contributed by atoms with Crippen molar-refractivity contribution in [2.45, 2.75) is 71.9 Å². The van der Waals surface area contributed by atoms with Crippen LogP contribution in [0.4, 0.5) is 0 Å². The number of pyridine rings is 1. The Bertz CT molecular complexity index is 1140. The first-order chi connectivity index (χ1) is 16.2. The smallest absolute Gasteiger partial charge is 0.253 e. The van der Waals surface area contributed by atoms with Gasteiger partial charge in [0.2, 0.25) is 6.29 Å². The molecule has 1 saturated carbocycles. The van der Waals surface area contributed by atoms with E-state index in [0.717, 1.165) is 48.1 Å². The van der Waals surface area contributed by atoms with Crippen molar-refractivity contribution in [2.24, 2.45) is 5.92 Å². The highest BCUT2D eigenvalue weighted by Crippen LogP contribution is 2.41. The number of hydrogen-bond acceptors (Lipinski definition) is 5. The van der Waals surface area contributed by atoms with E-state index in [2.05, 4.69) is 29.3 Å². The third kappa shape index (κ3) is 5.02. The predicted octanol–water partition coefficient (Wildman–Crippen LogP) is 4.24. The topological polar surface area (TPSA) is 83.7 Å². The summed E-state index contributed by atoms with van der Waals surface area (Å²) < 4.78 is 12.4. The van der Waals surface area contributed by atoms with E-state index in [1.807, 2.05) is 26.8 Å². The Morgan fingerprint density at radius 2 is 1.88 bits per heavy atom. The molecule has 1 amide bonds. The third-order valence-corrected chi connectivity index (χ3v) is 7.56. The first kappa shape index (κ1) is 24.8. The number of amides is 1. The summed E-state index contributed by atoms with van der Waals surface area (Å²) in [5.41, 5.74) is 3.94. The van der Waals surface area contributed by atoms with E-state index in [1.165, 1.54) is 0 Å². The molecule has 1 fully saturated rings. The molecule has 0 spiro atoms. The van der Waals surface area contributed by atoms with Gasteiger partial charge in [0, 0.05) is 46.5 Å². The largest absolute Gasteiger partial charge is 0.464 e. The van der Waals surface area contributed by atoms with Crippen LogP contribution in [-0.2, 0) is 17.9 Å². The molecule has 2 heterocycles. The normalized spacial score (nSPS) is 22.3. The molecule has 1 aromatic heterocycles. The molecule has 4 rings (SSSR count). The highest BCUT2D eigenvalue weighted by Gasteiger charge is 2.35. The lowest BCUT2D eigenvalue weighted by Crippen LogP contribution is -2.39. The monoisotopic (exact) mass is 487 g/mol. The number of halogens is 1. The summed E-state index contributed by atoms with van der Waals surface area (Å²) in [6.07, 6.45) is 3.99. The number of aromatic nitrogens is 1. The molecule has 2 aromatic rings. The molecule has 2 aliphatic rings. The molecule has 0 bridgehead atoms. The number of carbonyl (C=O) groups excluding carboxylic acids is 1. The molecule has 1 aromatic carbocycles. The van der Waals surface area contributed by atoms with Gasteiger partial charge in [-0.1, -0.05) is 11.6 Å². The highest BCUT2D eigenvalue weighted by atomic mass is 35.5. The summed E-state index contributed by atoms with van der Waals surface area (Å²) in [6.45, 7) is 6.08. The molecular weight excluding hydrogens is 454 g/mol. The molecule has 1 aliphatic carbocycles. The van der Waals surface area contributed by atoms with Gasteiger partial charge in [0.1, 0.15) is 5.75 Å². The fourth-order valence-corrected chi connectivity index (χ4v) is 5.36. The van der Waals surface area contributed by atoms with Crippen LogP contribution in [0.3, 0.4) is 0 Å². The Labute approximate surface area is 205 Å². The summed E-state index contributed by atoms with van der Waals surface area (Å²) in [5, 5.41) is 3.32. The van der Waals surface area contributed by atoms with Crippen molar-refractivity contribution < 1.29 is 14.3 Å². The van der Waals surface area contributed by atoms with E-state index in [9.17, 15) is 9.59 Å². The molecule has 0 radical (unpaired) electrons. The number of nitrogens with zero attached hydrogens (tertiary/aromatic N) is 1. The SMILES string of the molecule is Cc1cc(C)c(CNC(=O)c2cc(Cl)c3c(c2C)OC(C2CCC(N(C)C)CC2)OC3)c(=O)[nH]1. The summed E-state index contributed by atoms with van der Waals surface area (Å²) >= 11 is 6.54. The maximum atomic E-state index is 13.1. The van der Waals surface area contributed by atoms with Gasteiger partial charge in [0.25, 0.3) is 11.5 Å². The molecule has 34 heavy (non-hydrogen) atoms. The van der Waals surface area contributed by atoms with E-state index in [-0.39, 0.29) is 24.3 Å². The number of H-pyrrole nitrogens is 1. The van der Waals surface area contributed by atoms with Crippen molar-refractivity contribution in [3.05, 3.63) is 61.0 Å². The number of fused-ring (bicyclic) bond motifs is 1. The second-order valence-corrected chi connectivity index (χ2v) is 10.2. The van der Waals surface area contributed by atoms with Gasteiger partial charge in [0.15, 0.2) is 0 Å². The minimum absolute atomic E-state index is 0.135. The standard InChI is InChI=1S/C26H34ClN3O4/c1-14-10-15(2)29-25(32)20(14)12-28-24(31)19-11-22(27)21-13-33-26(34-23(21)16(19)3)17-6-8-18(9-7-17)30(4)5/h10-11,17-18,26H,6-9,12-13H2,1-5H3,(H,28,31)(H,29,32). The Balaban J connectivity index is 1.50. The van der Waals surface area contributed by atoms with Crippen LogP contribution in [0.1, 0.15) is 64.0 Å². The fraction of sp³-hybridized carbons (Fsp3) is 0.538. The van der Waals surface area contributed by atoms with Gasteiger partial charge in [-0.2, -0.15) is 0 Å². The average Bonchev–Trinajstić information content (AvgIpc) is 2.80. The van der Waals surface area contributed by atoms with Crippen molar-refractivity contribution in [1.82, 2.24) is 15.2 Å². The Hall–Kier alpha value is -2.35. The van der Waals surface area contributed by atoms with Gasteiger partial charge in [-0.3, -0.25) is 9.59 Å². The van der Waals surface area contributed by atoms with Gasteiger partial charge < -0.3 is 24.7 Å². The molecule has 0 saturated heterocycles. The first-order valence-corrected chi connectivity index (χ1v) is 12.3. The summed E-state index contributed by atoms with van der Waals surface area (Å²) in [6, 6.07) is 4.15. The van der Waals surface area contributed by atoms with Crippen LogP contribution in [0.2, 0.25) is 5.02 Å². The highest BCUT2D eigenvalue weighted by molar-refractivity contribution is 6.32. The van der Waals surface area contributed by atoms with Crippen molar-refractivity contribution in [1.29, 1.82) is 0 Å². The lowest BCUT2D eigenvalue weighted by Gasteiger charge is -2.38. The van der Waals surface area contributed by atoms with Crippen LogP contribution in [0, 0.1) is 26.7 Å². The van der Waals surface area contributed by atoms with Gasteiger partial charge in [-0.05, 0) is 78.2 Å². The minimum atomic E-state index is -0.336. The maximum Gasteiger partial charge on any atom is 0.253 e. The van der Waals surface area contributed by atoms with E-state index >= 15 is 0 Å². The van der Waals surface area contributed by atoms with Crippen molar-refractivity contribution in [2.75, 3.05) is 14.1 Å². The quantitative estimate of drug-likeness (QED) is 0.659. The second-order valence-electron chi connectivity index (χ2n) is 9.79. The summed E-state index contributed by atoms with van der Waals surface area (Å²) in [7, 11) is 4.26. The Morgan fingerprint density at radius 1 is 1.18 bits per heavy atom. The van der Waals surface area contributed by atoms with E-state index in [0.29, 0.717) is 40.5 Å². The summed E-state index contributed by atoms with van der Waals surface area (Å²) in [5.74, 6) is 0.670. The van der Waals surface area contributed by atoms with Crippen molar-refractivity contribution in [3.63, 3.8) is 0 Å². The molecule has 7 nitrogen and oxygen atoms in total. The lowest BCUT2D eigenvalue weighted by atomic mass is 9.85. The summed E-state index contributed by atoms with van der Waals surface area (Å²) in [4.78, 5) is 30.4. The minimum Gasteiger partial charge on any atom is -0.464 e. The van der Waals surface area contributed by atoms with Crippen molar-refractivity contribution >= 4 is 17.5 Å².